The largest absolute Gasteiger partial charge is 0.504 e. The third kappa shape index (κ3) is 0.483. The summed E-state index contributed by atoms with van der Waals surface area (Å²) in [6.45, 7) is 0.751. The lowest BCUT2D eigenvalue weighted by Crippen LogP contribution is -1.90. The molecule has 0 fully saturated rings. The zero-order valence-corrected chi connectivity index (χ0v) is 4.78. The highest BCUT2D eigenvalue weighted by Crippen LogP contribution is 2.15. The lowest BCUT2D eigenvalue weighted by Gasteiger charge is -1.90. The van der Waals surface area contributed by atoms with Gasteiger partial charge in [-0.3, -0.25) is 0 Å². The van der Waals surface area contributed by atoms with Crippen molar-refractivity contribution in [3.05, 3.63) is 24.3 Å². The maximum Gasteiger partial charge on any atom is 0.175 e. The van der Waals surface area contributed by atoms with Crippen LogP contribution < -0.4 is 0 Å². The van der Waals surface area contributed by atoms with Crippen molar-refractivity contribution in [1.29, 1.82) is 0 Å². The van der Waals surface area contributed by atoms with Gasteiger partial charge in [0, 0.05) is 18.9 Å². The molecule has 0 atom stereocenters. The van der Waals surface area contributed by atoms with Crippen molar-refractivity contribution in [2.75, 3.05) is 0 Å². The van der Waals surface area contributed by atoms with Crippen molar-refractivity contribution >= 4 is 5.76 Å². The van der Waals surface area contributed by atoms with Gasteiger partial charge in [-0.25, -0.2) is 4.98 Å². The number of hydrogen-bond donors (Lipinski definition) is 1. The van der Waals surface area contributed by atoms with Crippen LogP contribution in [0.1, 0.15) is 5.82 Å². The molecule has 0 unspecified atom stereocenters. The Morgan fingerprint density at radius 1 is 1.67 bits per heavy atom. The summed E-state index contributed by atoms with van der Waals surface area (Å²) in [5.74, 6) is 0.968. The van der Waals surface area contributed by atoms with Crippen molar-refractivity contribution in [3.8, 4) is 0 Å². The predicted octanol–water partition coefficient (Wildman–Crippen LogP) is 0.796. The second-order valence-electron chi connectivity index (χ2n) is 1.99. The number of hydrogen-bond acceptors (Lipinski definition) is 2. The normalized spacial score (nSPS) is 15.3. The fourth-order valence-corrected chi connectivity index (χ4v) is 0.966. The lowest BCUT2D eigenvalue weighted by molar-refractivity contribution is 0.508. The van der Waals surface area contributed by atoms with Crippen molar-refractivity contribution in [2.24, 2.45) is 0 Å². The predicted molar refractivity (Wildman–Crippen MR) is 32.8 cm³/mol. The van der Waals surface area contributed by atoms with Gasteiger partial charge in [0.25, 0.3) is 0 Å². The van der Waals surface area contributed by atoms with Crippen molar-refractivity contribution < 1.29 is 5.11 Å². The molecule has 0 saturated heterocycles. The molecule has 2 heterocycles. The zero-order valence-electron chi connectivity index (χ0n) is 4.78. The third-order valence-corrected chi connectivity index (χ3v) is 1.43. The number of allylic oxidation sites excluding steroid dienone is 1. The van der Waals surface area contributed by atoms with Crippen LogP contribution >= 0.6 is 0 Å². The van der Waals surface area contributed by atoms with E-state index in [0.29, 0.717) is 11.6 Å². The molecule has 3 nitrogen and oxygen atoms in total. The van der Waals surface area contributed by atoms with Crippen molar-refractivity contribution in [1.82, 2.24) is 9.55 Å². The van der Waals surface area contributed by atoms with Crippen LogP contribution in [-0.2, 0) is 6.54 Å². The van der Waals surface area contributed by atoms with Gasteiger partial charge in [0.1, 0.15) is 0 Å². The van der Waals surface area contributed by atoms with Gasteiger partial charge >= 0.3 is 0 Å². The van der Waals surface area contributed by atoms with E-state index in [1.54, 1.807) is 12.3 Å². The first-order valence-corrected chi connectivity index (χ1v) is 2.78. The summed E-state index contributed by atoms with van der Waals surface area (Å²) in [6.07, 6.45) is 5.26. The molecule has 1 aliphatic heterocycles. The smallest absolute Gasteiger partial charge is 0.175 e. The fourth-order valence-electron chi connectivity index (χ4n) is 0.966. The van der Waals surface area contributed by atoms with Gasteiger partial charge in [-0.05, 0) is 6.08 Å². The average Bonchev–Trinajstić information content (AvgIpc) is 2.35. The molecule has 9 heavy (non-hydrogen) atoms. The summed E-state index contributed by atoms with van der Waals surface area (Å²) in [6, 6.07) is 0. The molecule has 0 saturated carbocycles. The van der Waals surface area contributed by atoms with Gasteiger partial charge in [-0.15, -0.1) is 0 Å². The SMILES string of the molecule is OC1=CCn2ccnc21. The maximum absolute atomic E-state index is 9.05. The van der Waals surface area contributed by atoms with E-state index in [0.717, 1.165) is 6.54 Å². The Bertz CT molecular complexity index is 262. The minimum absolute atomic E-state index is 0.292. The molecular formula is C6H6N2O. The van der Waals surface area contributed by atoms with Crippen LogP contribution in [0.4, 0.5) is 0 Å². The number of aromatic nitrogens is 2. The van der Waals surface area contributed by atoms with E-state index < -0.39 is 0 Å². The lowest BCUT2D eigenvalue weighted by atomic mass is 10.5. The van der Waals surface area contributed by atoms with E-state index in [1.807, 2.05) is 10.8 Å². The van der Waals surface area contributed by atoms with Crippen LogP contribution in [-0.4, -0.2) is 14.7 Å². The monoisotopic (exact) mass is 122 g/mol. The minimum Gasteiger partial charge on any atom is -0.504 e. The molecule has 1 aliphatic rings. The Balaban J connectivity index is 2.62. The molecule has 0 aromatic carbocycles. The quantitative estimate of drug-likeness (QED) is 0.552. The Kier molecular flexibility index (Phi) is 0.704. The molecule has 0 bridgehead atoms. The molecule has 3 heteroatoms. The van der Waals surface area contributed by atoms with E-state index in [-0.39, 0.29) is 0 Å². The van der Waals surface area contributed by atoms with E-state index in [4.69, 9.17) is 5.11 Å². The van der Waals surface area contributed by atoms with E-state index in [2.05, 4.69) is 4.98 Å². The average molecular weight is 122 g/mol. The van der Waals surface area contributed by atoms with Crippen LogP contribution in [0.15, 0.2) is 18.5 Å². The minimum atomic E-state index is 0.292. The van der Waals surface area contributed by atoms with Crippen LogP contribution in [0.2, 0.25) is 0 Å². The Hall–Kier alpha value is -1.25. The molecule has 1 N–H and O–H groups in total. The van der Waals surface area contributed by atoms with E-state index in [9.17, 15) is 0 Å². The summed E-state index contributed by atoms with van der Waals surface area (Å²) < 4.78 is 1.88. The first-order chi connectivity index (χ1) is 4.38. The molecule has 0 spiro atoms. The van der Waals surface area contributed by atoms with Gasteiger partial charge in [-0.2, -0.15) is 0 Å². The Labute approximate surface area is 52.3 Å². The van der Waals surface area contributed by atoms with E-state index >= 15 is 0 Å². The summed E-state index contributed by atoms with van der Waals surface area (Å²) in [5, 5.41) is 9.05. The molecule has 0 amide bonds. The van der Waals surface area contributed by atoms with Gasteiger partial charge in [0.05, 0.1) is 0 Å². The molecular weight excluding hydrogens is 116 g/mol. The first-order valence-electron chi connectivity index (χ1n) is 2.78. The molecule has 1 aromatic rings. The van der Waals surface area contributed by atoms with Gasteiger partial charge < -0.3 is 9.67 Å². The number of rotatable bonds is 0. The number of aliphatic hydroxyl groups excluding tert-OH is 1. The number of imidazole rings is 1. The molecule has 2 rings (SSSR count). The summed E-state index contributed by atoms with van der Waals surface area (Å²) in [5.41, 5.74) is 0. The molecule has 0 radical (unpaired) electrons. The Morgan fingerprint density at radius 3 is 3.33 bits per heavy atom. The molecule has 0 aliphatic carbocycles. The fraction of sp³-hybridized carbons (Fsp3) is 0.167. The van der Waals surface area contributed by atoms with E-state index in [1.165, 1.54) is 0 Å². The second kappa shape index (κ2) is 1.37. The third-order valence-electron chi connectivity index (χ3n) is 1.43. The molecule has 1 aromatic heterocycles. The number of fused-ring (bicyclic) bond motifs is 1. The van der Waals surface area contributed by atoms with Crippen LogP contribution in [0.3, 0.4) is 0 Å². The van der Waals surface area contributed by atoms with Crippen molar-refractivity contribution in [2.45, 2.75) is 6.54 Å². The van der Waals surface area contributed by atoms with Crippen molar-refractivity contribution in [3.63, 3.8) is 0 Å². The highest BCUT2D eigenvalue weighted by atomic mass is 16.3. The maximum atomic E-state index is 9.05. The molecule has 46 valence electrons. The summed E-state index contributed by atoms with van der Waals surface area (Å²) in [4.78, 5) is 3.92. The van der Waals surface area contributed by atoms with Crippen LogP contribution in [0, 0.1) is 0 Å². The second-order valence-corrected chi connectivity index (χ2v) is 1.99. The topological polar surface area (TPSA) is 38.0 Å². The Morgan fingerprint density at radius 2 is 2.56 bits per heavy atom. The van der Waals surface area contributed by atoms with Gasteiger partial charge in [0.15, 0.2) is 11.6 Å². The zero-order chi connectivity index (χ0) is 6.27. The first kappa shape index (κ1) is 4.61. The van der Waals surface area contributed by atoms with Gasteiger partial charge in [-0.1, -0.05) is 0 Å². The number of nitrogens with zero attached hydrogens (tertiary/aromatic N) is 2. The highest BCUT2D eigenvalue weighted by molar-refractivity contribution is 5.54. The summed E-state index contributed by atoms with van der Waals surface area (Å²) in [7, 11) is 0. The number of aliphatic hydroxyl groups is 1. The van der Waals surface area contributed by atoms with Gasteiger partial charge in [0.2, 0.25) is 0 Å². The highest BCUT2D eigenvalue weighted by Gasteiger charge is 2.11. The summed E-state index contributed by atoms with van der Waals surface area (Å²) >= 11 is 0. The standard InChI is InChI=1S/C6H6N2O/c9-5-1-3-8-4-2-7-6(5)8/h1-2,4,9H,3H2. The van der Waals surface area contributed by atoms with Crippen LogP contribution in [0.5, 0.6) is 0 Å². The van der Waals surface area contributed by atoms with Crippen LogP contribution in [0.25, 0.3) is 5.76 Å².